The molecule has 0 aromatic heterocycles. The van der Waals surface area contributed by atoms with E-state index in [1.54, 1.807) is 0 Å². The van der Waals surface area contributed by atoms with Crippen LogP contribution in [0.3, 0.4) is 0 Å². The summed E-state index contributed by atoms with van der Waals surface area (Å²) in [7, 11) is 1.89. The third-order valence-corrected chi connectivity index (χ3v) is 1.60. The minimum Gasteiger partial charge on any atom is -0.329 e. The minimum atomic E-state index is 0.220. The van der Waals surface area contributed by atoms with E-state index in [9.17, 15) is 0 Å². The molecule has 0 aromatic carbocycles. The molecule has 64 valence electrons. The predicted octanol–water partition coefficient (Wildman–Crippen LogP) is 1.06. The fourth-order valence-corrected chi connectivity index (χ4v) is 0.840. The molecule has 0 spiro atoms. The van der Waals surface area contributed by atoms with Crippen LogP contribution in [-0.4, -0.2) is 19.6 Å². The van der Waals surface area contributed by atoms with Crippen molar-refractivity contribution in [1.29, 1.82) is 0 Å². The monoisotopic (exact) mass is 154 g/mol. The molecule has 0 aliphatic rings. The maximum absolute atomic E-state index is 5.50. The van der Waals surface area contributed by atoms with Crippen molar-refractivity contribution < 1.29 is 0 Å². The SMILES string of the molecule is C=C(/C=C\CC)C(CN)NC. The van der Waals surface area contributed by atoms with Gasteiger partial charge >= 0.3 is 0 Å². The van der Waals surface area contributed by atoms with Gasteiger partial charge in [-0.25, -0.2) is 0 Å². The van der Waals surface area contributed by atoms with Crippen molar-refractivity contribution in [2.45, 2.75) is 19.4 Å². The van der Waals surface area contributed by atoms with Gasteiger partial charge < -0.3 is 11.1 Å². The number of nitrogens with two attached hydrogens (primary N) is 1. The lowest BCUT2D eigenvalue weighted by Gasteiger charge is -2.13. The Labute approximate surface area is 69.2 Å². The highest BCUT2D eigenvalue weighted by molar-refractivity contribution is 5.21. The van der Waals surface area contributed by atoms with E-state index < -0.39 is 0 Å². The van der Waals surface area contributed by atoms with Crippen LogP contribution in [0.25, 0.3) is 0 Å². The van der Waals surface area contributed by atoms with Crippen LogP contribution in [-0.2, 0) is 0 Å². The van der Waals surface area contributed by atoms with Gasteiger partial charge in [-0.2, -0.15) is 0 Å². The van der Waals surface area contributed by atoms with Gasteiger partial charge in [-0.05, 0) is 19.0 Å². The van der Waals surface area contributed by atoms with Crippen molar-refractivity contribution in [1.82, 2.24) is 5.32 Å². The number of hydrogen-bond donors (Lipinski definition) is 2. The molecule has 1 atom stereocenters. The lowest BCUT2D eigenvalue weighted by Crippen LogP contribution is -2.34. The molecule has 0 rings (SSSR count). The van der Waals surface area contributed by atoms with Crippen LogP contribution >= 0.6 is 0 Å². The summed E-state index contributed by atoms with van der Waals surface area (Å²) in [6.45, 7) is 6.60. The Kier molecular flexibility index (Phi) is 5.80. The summed E-state index contributed by atoms with van der Waals surface area (Å²) < 4.78 is 0. The summed E-state index contributed by atoms with van der Waals surface area (Å²) in [5.74, 6) is 0. The van der Waals surface area contributed by atoms with Crippen LogP contribution in [0.2, 0.25) is 0 Å². The first-order valence-electron chi connectivity index (χ1n) is 3.98. The number of rotatable bonds is 5. The second-order valence-electron chi connectivity index (χ2n) is 2.46. The number of likely N-dealkylation sites (N-methyl/N-ethyl adjacent to an activating group) is 1. The van der Waals surface area contributed by atoms with Gasteiger partial charge in [0.05, 0.1) is 0 Å². The van der Waals surface area contributed by atoms with E-state index in [0.717, 1.165) is 12.0 Å². The van der Waals surface area contributed by atoms with E-state index in [1.807, 2.05) is 13.1 Å². The number of nitrogens with one attached hydrogen (secondary N) is 1. The Morgan fingerprint density at radius 3 is 2.73 bits per heavy atom. The number of hydrogen-bond acceptors (Lipinski definition) is 2. The van der Waals surface area contributed by atoms with Crippen LogP contribution < -0.4 is 11.1 Å². The van der Waals surface area contributed by atoms with Gasteiger partial charge in [-0.1, -0.05) is 25.7 Å². The molecule has 0 aliphatic heterocycles. The van der Waals surface area contributed by atoms with E-state index in [1.165, 1.54) is 0 Å². The number of allylic oxidation sites excluding steroid dienone is 1. The molecule has 1 unspecified atom stereocenters. The normalized spacial score (nSPS) is 13.7. The third-order valence-electron chi connectivity index (χ3n) is 1.60. The zero-order chi connectivity index (χ0) is 8.69. The van der Waals surface area contributed by atoms with Crippen LogP contribution in [0.4, 0.5) is 0 Å². The first-order chi connectivity index (χ1) is 5.26. The lowest BCUT2D eigenvalue weighted by atomic mass is 10.1. The van der Waals surface area contributed by atoms with Crippen molar-refractivity contribution >= 4 is 0 Å². The molecule has 2 nitrogen and oxygen atoms in total. The van der Waals surface area contributed by atoms with Crippen molar-refractivity contribution in [3.8, 4) is 0 Å². The second-order valence-corrected chi connectivity index (χ2v) is 2.46. The Morgan fingerprint density at radius 1 is 1.73 bits per heavy atom. The minimum absolute atomic E-state index is 0.220. The summed E-state index contributed by atoms with van der Waals surface area (Å²) in [4.78, 5) is 0. The van der Waals surface area contributed by atoms with Gasteiger partial charge in [0.1, 0.15) is 0 Å². The second kappa shape index (κ2) is 6.13. The molecule has 11 heavy (non-hydrogen) atoms. The lowest BCUT2D eigenvalue weighted by molar-refractivity contribution is 0.657. The molecule has 0 saturated carbocycles. The van der Waals surface area contributed by atoms with Crippen LogP contribution in [0.1, 0.15) is 13.3 Å². The van der Waals surface area contributed by atoms with Crippen molar-refractivity contribution in [3.05, 3.63) is 24.3 Å². The molecule has 0 aromatic rings. The first kappa shape index (κ1) is 10.4. The molecular formula is C9H18N2. The van der Waals surface area contributed by atoms with Gasteiger partial charge in [-0.3, -0.25) is 0 Å². The summed E-state index contributed by atoms with van der Waals surface area (Å²) in [6.07, 6.45) is 5.15. The maximum atomic E-state index is 5.50. The van der Waals surface area contributed by atoms with Gasteiger partial charge in [0.15, 0.2) is 0 Å². The topological polar surface area (TPSA) is 38.0 Å². The summed E-state index contributed by atoms with van der Waals surface area (Å²) in [5, 5.41) is 3.08. The Hall–Kier alpha value is -0.600. The smallest absolute Gasteiger partial charge is 0.0436 e. The van der Waals surface area contributed by atoms with Gasteiger partial charge in [0.2, 0.25) is 0 Å². The van der Waals surface area contributed by atoms with Crippen molar-refractivity contribution in [3.63, 3.8) is 0 Å². The van der Waals surface area contributed by atoms with Crippen molar-refractivity contribution in [2.24, 2.45) is 5.73 Å². The molecule has 0 aliphatic carbocycles. The molecule has 0 fully saturated rings. The van der Waals surface area contributed by atoms with E-state index in [4.69, 9.17) is 5.73 Å². The zero-order valence-electron chi connectivity index (χ0n) is 7.43. The summed E-state index contributed by atoms with van der Waals surface area (Å²) in [5.41, 5.74) is 6.55. The Bertz CT molecular complexity index is 134. The van der Waals surface area contributed by atoms with Crippen LogP contribution in [0, 0.1) is 0 Å². The Balaban J connectivity index is 3.88. The third kappa shape index (κ3) is 3.96. The highest BCUT2D eigenvalue weighted by Crippen LogP contribution is 1.99. The average molecular weight is 154 g/mol. The zero-order valence-corrected chi connectivity index (χ0v) is 7.43. The van der Waals surface area contributed by atoms with Gasteiger partial charge in [0.25, 0.3) is 0 Å². The molecule has 0 heterocycles. The van der Waals surface area contributed by atoms with E-state index >= 15 is 0 Å². The maximum Gasteiger partial charge on any atom is 0.0436 e. The van der Waals surface area contributed by atoms with Crippen molar-refractivity contribution in [2.75, 3.05) is 13.6 Å². The van der Waals surface area contributed by atoms with Gasteiger partial charge in [0, 0.05) is 12.6 Å². The Morgan fingerprint density at radius 2 is 2.36 bits per heavy atom. The molecule has 0 saturated heterocycles. The standard InChI is InChI=1S/C9H18N2/c1-4-5-6-8(2)9(7-10)11-3/h5-6,9,11H,2,4,7,10H2,1,3H3/b6-5-. The molecule has 0 amide bonds. The van der Waals surface area contributed by atoms with E-state index in [2.05, 4.69) is 24.9 Å². The molecule has 2 heteroatoms. The average Bonchev–Trinajstić information content (AvgIpc) is 2.03. The van der Waals surface area contributed by atoms with Crippen LogP contribution in [0.5, 0.6) is 0 Å². The highest BCUT2D eigenvalue weighted by Gasteiger charge is 2.02. The highest BCUT2D eigenvalue weighted by atomic mass is 14.9. The summed E-state index contributed by atoms with van der Waals surface area (Å²) >= 11 is 0. The predicted molar refractivity (Wildman–Crippen MR) is 50.5 cm³/mol. The largest absolute Gasteiger partial charge is 0.329 e. The fraction of sp³-hybridized carbons (Fsp3) is 0.556. The summed E-state index contributed by atoms with van der Waals surface area (Å²) in [6, 6.07) is 0.220. The van der Waals surface area contributed by atoms with Gasteiger partial charge in [-0.15, -0.1) is 0 Å². The molecular weight excluding hydrogens is 136 g/mol. The molecule has 3 N–H and O–H groups in total. The molecule has 0 bridgehead atoms. The van der Waals surface area contributed by atoms with E-state index in [0.29, 0.717) is 6.54 Å². The van der Waals surface area contributed by atoms with Crippen LogP contribution in [0.15, 0.2) is 24.3 Å². The quantitative estimate of drug-likeness (QED) is 0.581. The first-order valence-corrected chi connectivity index (χ1v) is 3.98. The van der Waals surface area contributed by atoms with E-state index in [-0.39, 0.29) is 6.04 Å². The molecule has 0 radical (unpaired) electrons. The fourth-order valence-electron chi connectivity index (χ4n) is 0.840.